The second-order valence-corrected chi connectivity index (χ2v) is 6.15. The van der Waals surface area contributed by atoms with Gasteiger partial charge in [-0.05, 0) is 47.7 Å². The first kappa shape index (κ1) is 13.1. The molecular formula is C13H22BrN3. The Kier molecular flexibility index (Phi) is 3.93. The van der Waals surface area contributed by atoms with Crippen molar-refractivity contribution in [2.45, 2.75) is 33.2 Å². The normalized spacial score (nSPS) is 23.4. The first-order chi connectivity index (χ1) is 8.02. The third-order valence-electron chi connectivity index (χ3n) is 3.74. The molecule has 0 saturated heterocycles. The highest BCUT2D eigenvalue weighted by molar-refractivity contribution is 9.10. The molecule has 0 aromatic carbocycles. The van der Waals surface area contributed by atoms with Gasteiger partial charge in [0.25, 0.3) is 0 Å². The van der Waals surface area contributed by atoms with Gasteiger partial charge in [-0.3, -0.25) is 4.68 Å². The zero-order valence-corrected chi connectivity index (χ0v) is 12.8. The van der Waals surface area contributed by atoms with Crippen LogP contribution in [0, 0.1) is 11.8 Å². The summed E-state index contributed by atoms with van der Waals surface area (Å²) in [6.45, 7) is 6.67. The van der Waals surface area contributed by atoms with E-state index in [2.05, 4.69) is 46.8 Å². The van der Waals surface area contributed by atoms with Gasteiger partial charge in [0.05, 0.1) is 15.9 Å². The van der Waals surface area contributed by atoms with Gasteiger partial charge in [0.2, 0.25) is 0 Å². The molecular weight excluding hydrogens is 278 g/mol. The van der Waals surface area contributed by atoms with E-state index >= 15 is 0 Å². The molecule has 0 aliphatic heterocycles. The maximum atomic E-state index is 4.53. The quantitative estimate of drug-likeness (QED) is 0.834. The largest absolute Gasteiger partial charge is 0.300 e. The van der Waals surface area contributed by atoms with E-state index < -0.39 is 0 Å². The van der Waals surface area contributed by atoms with E-state index in [4.69, 9.17) is 0 Å². The summed E-state index contributed by atoms with van der Waals surface area (Å²) in [7, 11) is 4.24. The molecule has 1 heterocycles. The van der Waals surface area contributed by atoms with Crippen LogP contribution in [0.2, 0.25) is 0 Å². The molecule has 17 heavy (non-hydrogen) atoms. The molecule has 1 aromatic rings. The van der Waals surface area contributed by atoms with Crippen LogP contribution in [-0.2, 0) is 20.0 Å². The average molecular weight is 300 g/mol. The fraction of sp³-hybridized carbons (Fsp3) is 0.769. The lowest BCUT2D eigenvalue weighted by atomic mass is 10.2. The van der Waals surface area contributed by atoms with Gasteiger partial charge in [-0.1, -0.05) is 13.8 Å². The monoisotopic (exact) mass is 299 g/mol. The summed E-state index contributed by atoms with van der Waals surface area (Å²) in [5.41, 5.74) is 2.45. The van der Waals surface area contributed by atoms with Gasteiger partial charge in [0.15, 0.2) is 0 Å². The van der Waals surface area contributed by atoms with E-state index in [9.17, 15) is 0 Å². The molecule has 1 saturated carbocycles. The van der Waals surface area contributed by atoms with Crippen molar-refractivity contribution < 1.29 is 0 Å². The Morgan fingerprint density at radius 1 is 1.53 bits per heavy atom. The molecule has 0 bridgehead atoms. The maximum absolute atomic E-state index is 4.53. The minimum atomic E-state index is 0.914. The molecule has 0 spiro atoms. The lowest BCUT2D eigenvalue weighted by Crippen LogP contribution is -2.22. The van der Waals surface area contributed by atoms with Gasteiger partial charge in [0, 0.05) is 20.1 Å². The number of nitrogens with zero attached hydrogens (tertiary/aromatic N) is 3. The lowest BCUT2D eigenvalue weighted by molar-refractivity contribution is 0.298. The number of aromatic nitrogens is 2. The van der Waals surface area contributed by atoms with Crippen molar-refractivity contribution in [1.29, 1.82) is 0 Å². The van der Waals surface area contributed by atoms with Gasteiger partial charge >= 0.3 is 0 Å². The van der Waals surface area contributed by atoms with E-state index in [0.717, 1.165) is 30.5 Å². The average Bonchev–Trinajstić information content (AvgIpc) is 2.89. The molecule has 96 valence electrons. The van der Waals surface area contributed by atoms with Crippen molar-refractivity contribution in [3.05, 3.63) is 15.9 Å². The summed E-state index contributed by atoms with van der Waals surface area (Å²) in [5.74, 6) is 1.84. The number of rotatable bonds is 5. The topological polar surface area (TPSA) is 21.1 Å². The first-order valence-electron chi connectivity index (χ1n) is 6.41. The molecule has 3 nitrogen and oxygen atoms in total. The standard InChI is InChI=1S/C13H22BrN3/c1-5-11-13(14)12(17(4)15-11)8-16(3)7-10-6-9(10)2/h9-10H,5-8H2,1-4H3. The molecule has 2 unspecified atom stereocenters. The summed E-state index contributed by atoms with van der Waals surface area (Å²) >= 11 is 3.67. The van der Waals surface area contributed by atoms with Crippen LogP contribution in [0.3, 0.4) is 0 Å². The van der Waals surface area contributed by atoms with Crippen LogP contribution in [-0.4, -0.2) is 28.3 Å². The van der Waals surface area contributed by atoms with E-state index in [-0.39, 0.29) is 0 Å². The summed E-state index contributed by atoms with van der Waals surface area (Å²) < 4.78 is 3.20. The van der Waals surface area contributed by atoms with E-state index in [1.54, 1.807) is 0 Å². The Morgan fingerprint density at radius 2 is 2.18 bits per heavy atom. The lowest BCUT2D eigenvalue weighted by Gasteiger charge is -2.16. The van der Waals surface area contributed by atoms with Gasteiger partial charge in [0.1, 0.15) is 0 Å². The van der Waals surface area contributed by atoms with E-state index in [0.29, 0.717) is 0 Å². The zero-order valence-electron chi connectivity index (χ0n) is 11.2. The molecule has 0 amide bonds. The Bertz CT molecular complexity index is 400. The van der Waals surface area contributed by atoms with Gasteiger partial charge in [-0.25, -0.2) is 0 Å². The third-order valence-corrected chi connectivity index (χ3v) is 4.66. The second kappa shape index (κ2) is 5.11. The Labute approximate surface area is 112 Å². The Morgan fingerprint density at radius 3 is 2.65 bits per heavy atom. The van der Waals surface area contributed by atoms with Crippen LogP contribution in [0.15, 0.2) is 4.47 Å². The minimum Gasteiger partial charge on any atom is -0.300 e. The predicted octanol–water partition coefficient (Wildman–Crippen LogP) is 2.83. The molecule has 1 aliphatic carbocycles. The van der Waals surface area contributed by atoms with Crippen molar-refractivity contribution in [3.63, 3.8) is 0 Å². The van der Waals surface area contributed by atoms with Gasteiger partial charge < -0.3 is 4.90 Å². The number of hydrogen-bond donors (Lipinski definition) is 0. The molecule has 2 rings (SSSR count). The van der Waals surface area contributed by atoms with Gasteiger partial charge in [-0.15, -0.1) is 0 Å². The SMILES string of the molecule is CCc1nn(C)c(CN(C)CC2CC2C)c1Br. The number of hydrogen-bond acceptors (Lipinski definition) is 2. The van der Waals surface area contributed by atoms with Crippen LogP contribution in [0.5, 0.6) is 0 Å². The summed E-state index contributed by atoms with van der Waals surface area (Å²) in [6.07, 6.45) is 2.38. The van der Waals surface area contributed by atoms with Crippen LogP contribution in [0.25, 0.3) is 0 Å². The van der Waals surface area contributed by atoms with E-state index in [1.165, 1.54) is 23.1 Å². The molecule has 1 fully saturated rings. The fourth-order valence-corrected chi connectivity index (χ4v) is 3.11. The molecule has 1 aromatic heterocycles. The Balaban J connectivity index is 1.99. The zero-order chi connectivity index (χ0) is 12.6. The molecule has 4 heteroatoms. The van der Waals surface area contributed by atoms with E-state index in [1.807, 2.05) is 11.7 Å². The number of halogens is 1. The predicted molar refractivity (Wildman–Crippen MR) is 73.9 cm³/mol. The molecule has 1 aliphatic rings. The molecule has 0 radical (unpaired) electrons. The first-order valence-corrected chi connectivity index (χ1v) is 7.21. The van der Waals surface area contributed by atoms with Crippen molar-refractivity contribution in [3.8, 4) is 0 Å². The summed E-state index contributed by atoms with van der Waals surface area (Å²) in [4.78, 5) is 2.41. The second-order valence-electron chi connectivity index (χ2n) is 5.35. The highest BCUT2D eigenvalue weighted by atomic mass is 79.9. The molecule has 0 N–H and O–H groups in total. The summed E-state index contributed by atoms with van der Waals surface area (Å²) in [6, 6.07) is 0. The highest BCUT2D eigenvalue weighted by Crippen LogP contribution is 2.38. The maximum Gasteiger partial charge on any atom is 0.0767 e. The highest BCUT2D eigenvalue weighted by Gasteiger charge is 2.33. The van der Waals surface area contributed by atoms with Crippen molar-refractivity contribution >= 4 is 15.9 Å². The smallest absolute Gasteiger partial charge is 0.0767 e. The summed E-state index contributed by atoms with van der Waals surface area (Å²) in [5, 5.41) is 4.53. The Hall–Kier alpha value is -0.350. The van der Waals surface area contributed by atoms with Crippen molar-refractivity contribution in [1.82, 2.24) is 14.7 Å². The van der Waals surface area contributed by atoms with Crippen molar-refractivity contribution in [2.24, 2.45) is 18.9 Å². The minimum absolute atomic E-state index is 0.914. The third kappa shape index (κ3) is 2.91. The van der Waals surface area contributed by atoms with Crippen LogP contribution in [0.4, 0.5) is 0 Å². The van der Waals surface area contributed by atoms with Crippen LogP contribution in [0.1, 0.15) is 31.7 Å². The fourth-order valence-electron chi connectivity index (χ4n) is 2.37. The number of aryl methyl sites for hydroxylation is 2. The van der Waals surface area contributed by atoms with Crippen LogP contribution >= 0.6 is 15.9 Å². The van der Waals surface area contributed by atoms with Crippen molar-refractivity contribution in [2.75, 3.05) is 13.6 Å². The van der Waals surface area contributed by atoms with Crippen LogP contribution < -0.4 is 0 Å². The van der Waals surface area contributed by atoms with Gasteiger partial charge in [-0.2, -0.15) is 5.10 Å². The molecule has 2 atom stereocenters.